The number of amidine groups is 1. The van der Waals surface area contributed by atoms with Crippen molar-refractivity contribution in [2.75, 3.05) is 32.7 Å². The van der Waals surface area contributed by atoms with Crippen LogP contribution in [0, 0.1) is 0 Å². The number of aliphatic imine (C=N–C) groups is 1. The average Bonchev–Trinajstić information content (AvgIpc) is 3.22. The molecule has 2 aromatic rings. The molecule has 0 saturated carbocycles. The normalized spacial score (nSPS) is 14.1. The van der Waals surface area contributed by atoms with Gasteiger partial charge in [0.2, 0.25) is 0 Å². The molecule has 0 saturated heterocycles. The number of anilines is 1. The van der Waals surface area contributed by atoms with Crippen molar-refractivity contribution in [2.24, 2.45) is 4.99 Å². The lowest BCUT2D eigenvalue weighted by atomic mass is 9.86. The molecule has 0 aliphatic carbocycles. The molecule has 0 fully saturated rings. The number of aliphatic hydroxyl groups excluding tert-OH is 1. The molecule has 0 atom stereocenters. The van der Waals surface area contributed by atoms with E-state index in [4.69, 9.17) is 14.2 Å². The van der Waals surface area contributed by atoms with Gasteiger partial charge >= 0.3 is 5.97 Å². The highest BCUT2D eigenvalue weighted by molar-refractivity contribution is 6.25. The van der Waals surface area contributed by atoms with Crippen molar-refractivity contribution in [1.29, 1.82) is 0 Å². The summed E-state index contributed by atoms with van der Waals surface area (Å²) in [6.07, 6.45) is 6.47. The maximum absolute atomic E-state index is 12.3. The SMILES string of the molecule is COc1ccc(NC(=NCCCCCCCc2ccc(C(C)(C)C)cc2)C2=C(O)COC2=O)c(OC)c1. The van der Waals surface area contributed by atoms with Gasteiger partial charge in [0.25, 0.3) is 0 Å². The third-order valence-corrected chi connectivity index (χ3v) is 6.44. The van der Waals surface area contributed by atoms with Crippen molar-refractivity contribution in [3.05, 3.63) is 64.9 Å². The van der Waals surface area contributed by atoms with Crippen molar-refractivity contribution in [2.45, 2.75) is 64.7 Å². The minimum Gasteiger partial charge on any atom is -0.508 e. The molecule has 7 heteroatoms. The zero-order valence-electron chi connectivity index (χ0n) is 22.7. The van der Waals surface area contributed by atoms with Crippen molar-refractivity contribution in [1.82, 2.24) is 0 Å². The van der Waals surface area contributed by atoms with Crippen LogP contribution in [0.4, 0.5) is 5.69 Å². The standard InChI is InChI=1S/C30H40N2O5/c1-30(2,3)22-14-12-21(13-15-22)11-9-7-6-8-10-18-31-28(27-25(33)20-37-29(27)34)32-24-17-16-23(35-4)19-26(24)36-5/h12-17,19,33H,6-11,18,20H2,1-5H3,(H,31,32). The van der Waals surface area contributed by atoms with Gasteiger partial charge < -0.3 is 24.6 Å². The Morgan fingerprint density at radius 1 is 1.00 bits per heavy atom. The number of methoxy groups -OCH3 is 2. The summed E-state index contributed by atoms with van der Waals surface area (Å²) in [4.78, 5) is 16.9. The summed E-state index contributed by atoms with van der Waals surface area (Å²) < 4.78 is 15.7. The molecule has 7 nitrogen and oxygen atoms in total. The van der Waals surface area contributed by atoms with E-state index < -0.39 is 5.97 Å². The van der Waals surface area contributed by atoms with E-state index in [2.05, 4.69) is 55.3 Å². The smallest absolute Gasteiger partial charge is 0.345 e. The number of carbonyl (C=O) groups is 1. The number of ether oxygens (including phenoxy) is 3. The number of carbonyl (C=O) groups excluding carboxylic acids is 1. The summed E-state index contributed by atoms with van der Waals surface area (Å²) in [5.74, 6) is 0.741. The first kappa shape index (κ1) is 28.1. The van der Waals surface area contributed by atoms with Crippen molar-refractivity contribution >= 4 is 17.5 Å². The number of nitrogens with zero attached hydrogens (tertiary/aromatic N) is 1. The van der Waals surface area contributed by atoms with Crippen LogP contribution in [-0.4, -0.2) is 44.3 Å². The van der Waals surface area contributed by atoms with Crippen LogP contribution < -0.4 is 14.8 Å². The Kier molecular flexibility index (Phi) is 10.0. The van der Waals surface area contributed by atoms with Gasteiger partial charge in [0.05, 0.1) is 19.9 Å². The Morgan fingerprint density at radius 2 is 1.70 bits per heavy atom. The number of nitrogens with one attached hydrogen (secondary N) is 1. The number of cyclic esters (lactones) is 1. The quantitative estimate of drug-likeness (QED) is 0.150. The Bertz CT molecular complexity index is 1110. The molecule has 0 unspecified atom stereocenters. The van der Waals surface area contributed by atoms with Crippen LogP contribution in [0.1, 0.15) is 64.0 Å². The van der Waals surface area contributed by atoms with E-state index in [9.17, 15) is 9.90 Å². The molecule has 0 bridgehead atoms. The fourth-order valence-electron chi connectivity index (χ4n) is 4.17. The zero-order chi connectivity index (χ0) is 26.8. The summed E-state index contributed by atoms with van der Waals surface area (Å²) in [5.41, 5.74) is 3.61. The molecule has 0 aromatic heterocycles. The Morgan fingerprint density at radius 3 is 2.32 bits per heavy atom. The summed E-state index contributed by atoms with van der Waals surface area (Å²) in [6, 6.07) is 14.3. The zero-order valence-corrected chi connectivity index (χ0v) is 22.7. The number of hydrogen-bond acceptors (Lipinski definition) is 6. The number of benzene rings is 2. The van der Waals surface area contributed by atoms with Crippen LogP contribution in [0.15, 0.2) is 58.8 Å². The lowest BCUT2D eigenvalue weighted by Gasteiger charge is -2.19. The molecule has 1 aliphatic rings. The molecular weight excluding hydrogens is 468 g/mol. The second kappa shape index (κ2) is 13.2. The third kappa shape index (κ3) is 8.00. The summed E-state index contributed by atoms with van der Waals surface area (Å²) >= 11 is 0. The van der Waals surface area contributed by atoms with Crippen LogP contribution >= 0.6 is 0 Å². The van der Waals surface area contributed by atoms with E-state index in [1.165, 1.54) is 11.1 Å². The molecule has 2 aromatic carbocycles. The molecule has 1 heterocycles. The largest absolute Gasteiger partial charge is 0.508 e. The van der Waals surface area contributed by atoms with E-state index in [1.54, 1.807) is 32.4 Å². The number of esters is 1. The maximum atomic E-state index is 12.3. The number of aliphatic hydroxyl groups is 1. The molecule has 37 heavy (non-hydrogen) atoms. The minimum atomic E-state index is -0.591. The molecule has 0 spiro atoms. The van der Waals surface area contributed by atoms with Crippen molar-refractivity contribution in [3.8, 4) is 11.5 Å². The number of unbranched alkanes of at least 4 members (excludes halogenated alkanes) is 4. The highest BCUT2D eigenvalue weighted by Gasteiger charge is 2.30. The summed E-state index contributed by atoms with van der Waals surface area (Å²) in [5, 5.41) is 13.4. The van der Waals surface area contributed by atoms with Gasteiger partial charge in [-0.3, -0.25) is 4.99 Å². The molecule has 0 amide bonds. The van der Waals surface area contributed by atoms with Crippen LogP contribution in [0.5, 0.6) is 11.5 Å². The third-order valence-electron chi connectivity index (χ3n) is 6.44. The summed E-state index contributed by atoms with van der Waals surface area (Å²) in [6.45, 7) is 7.09. The predicted octanol–water partition coefficient (Wildman–Crippen LogP) is 6.37. The van der Waals surface area contributed by atoms with Gasteiger partial charge in [0, 0.05) is 12.6 Å². The van der Waals surface area contributed by atoms with E-state index in [-0.39, 0.29) is 29.2 Å². The summed E-state index contributed by atoms with van der Waals surface area (Å²) in [7, 11) is 3.13. The molecular formula is C30H40N2O5. The van der Waals surface area contributed by atoms with Crippen LogP contribution in [0.2, 0.25) is 0 Å². The second-order valence-electron chi connectivity index (χ2n) is 10.3. The maximum Gasteiger partial charge on any atom is 0.345 e. The van der Waals surface area contributed by atoms with E-state index in [1.807, 2.05) is 0 Å². The van der Waals surface area contributed by atoms with E-state index in [0.29, 0.717) is 23.7 Å². The van der Waals surface area contributed by atoms with Crippen molar-refractivity contribution < 1.29 is 24.1 Å². The first-order valence-electron chi connectivity index (χ1n) is 13.0. The van der Waals surface area contributed by atoms with Gasteiger partial charge in [0.1, 0.15) is 35.3 Å². The number of aryl methyl sites for hydroxylation is 1. The van der Waals surface area contributed by atoms with Crippen LogP contribution in [-0.2, 0) is 21.4 Å². The average molecular weight is 509 g/mol. The topological polar surface area (TPSA) is 89.4 Å². The number of hydrogen-bond donors (Lipinski definition) is 2. The molecule has 1 aliphatic heterocycles. The van der Waals surface area contributed by atoms with Gasteiger partial charge in [-0.2, -0.15) is 0 Å². The monoisotopic (exact) mass is 508 g/mol. The molecule has 2 N–H and O–H groups in total. The lowest BCUT2D eigenvalue weighted by molar-refractivity contribution is -0.135. The highest BCUT2D eigenvalue weighted by Crippen LogP contribution is 2.30. The van der Waals surface area contributed by atoms with E-state index in [0.717, 1.165) is 38.5 Å². The Hall–Kier alpha value is -3.48. The van der Waals surface area contributed by atoms with Gasteiger partial charge in [0.15, 0.2) is 0 Å². The Balaban J connectivity index is 1.51. The lowest BCUT2D eigenvalue weighted by Crippen LogP contribution is -2.21. The molecule has 0 radical (unpaired) electrons. The molecule has 3 rings (SSSR count). The fraction of sp³-hybridized carbons (Fsp3) is 0.467. The Labute approximate surface area is 220 Å². The first-order valence-corrected chi connectivity index (χ1v) is 13.0. The highest BCUT2D eigenvalue weighted by atomic mass is 16.5. The first-order chi connectivity index (χ1) is 17.7. The second-order valence-corrected chi connectivity index (χ2v) is 10.3. The van der Waals surface area contributed by atoms with E-state index >= 15 is 0 Å². The molecule has 200 valence electrons. The van der Waals surface area contributed by atoms with Gasteiger partial charge in [-0.05, 0) is 47.9 Å². The van der Waals surface area contributed by atoms with Gasteiger partial charge in [-0.1, -0.05) is 64.3 Å². The van der Waals surface area contributed by atoms with Crippen LogP contribution in [0.3, 0.4) is 0 Å². The minimum absolute atomic E-state index is 0.0651. The van der Waals surface area contributed by atoms with Gasteiger partial charge in [-0.15, -0.1) is 0 Å². The predicted molar refractivity (Wildman–Crippen MR) is 148 cm³/mol. The van der Waals surface area contributed by atoms with Crippen molar-refractivity contribution in [3.63, 3.8) is 0 Å². The van der Waals surface area contributed by atoms with Crippen LogP contribution in [0.25, 0.3) is 0 Å². The van der Waals surface area contributed by atoms with Gasteiger partial charge in [-0.25, -0.2) is 4.79 Å². The fourth-order valence-corrected chi connectivity index (χ4v) is 4.17. The number of rotatable bonds is 12.